The van der Waals surface area contributed by atoms with E-state index in [4.69, 9.17) is 16.4 Å². The molecule has 0 bridgehead atoms. The van der Waals surface area contributed by atoms with Crippen molar-refractivity contribution in [3.05, 3.63) is 70.2 Å². The van der Waals surface area contributed by atoms with Gasteiger partial charge in [0.1, 0.15) is 12.8 Å². The van der Waals surface area contributed by atoms with Crippen molar-refractivity contribution in [2.45, 2.75) is 12.8 Å². The van der Waals surface area contributed by atoms with Gasteiger partial charge in [-0.25, -0.2) is 0 Å². The van der Waals surface area contributed by atoms with Crippen molar-refractivity contribution >= 4 is 17.8 Å². The summed E-state index contributed by atoms with van der Waals surface area (Å²) in [4.78, 5) is 4.98. The average Bonchev–Trinajstić information content (AvgIpc) is 2.45. The van der Waals surface area contributed by atoms with Gasteiger partial charge in [-0.15, -0.1) is 0 Å². The molecule has 2 rings (SSSR count). The lowest BCUT2D eigenvalue weighted by Crippen LogP contribution is -2.04. The zero-order valence-corrected chi connectivity index (χ0v) is 11.4. The molecule has 0 spiro atoms. The Balaban J connectivity index is 1.91. The van der Waals surface area contributed by atoms with Gasteiger partial charge in [-0.1, -0.05) is 47.1 Å². The first kappa shape index (κ1) is 15.4. The fraction of sp³-hybridized carbons (Fsp3) is 0.133. The highest BCUT2D eigenvalue weighted by Crippen LogP contribution is 2.29. The third-order valence-corrected chi connectivity index (χ3v) is 2.95. The van der Waals surface area contributed by atoms with Crippen molar-refractivity contribution < 1.29 is 18.0 Å². The third-order valence-electron chi connectivity index (χ3n) is 2.62. The summed E-state index contributed by atoms with van der Waals surface area (Å²) in [6, 6.07) is 11.6. The second kappa shape index (κ2) is 6.63. The van der Waals surface area contributed by atoms with Crippen molar-refractivity contribution in [2.75, 3.05) is 0 Å². The fourth-order valence-electron chi connectivity index (χ4n) is 1.53. The molecular formula is C15H10ClF3NO. The largest absolute Gasteiger partial charge is 0.416 e. The number of halogens is 4. The van der Waals surface area contributed by atoms with E-state index in [2.05, 4.69) is 11.4 Å². The molecule has 0 aliphatic rings. The van der Waals surface area contributed by atoms with Gasteiger partial charge in [-0.2, -0.15) is 13.2 Å². The quantitative estimate of drug-likeness (QED) is 0.588. The third kappa shape index (κ3) is 4.49. The van der Waals surface area contributed by atoms with Crippen LogP contribution >= 0.6 is 11.6 Å². The summed E-state index contributed by atoms with van der Waals surface area (Å²) >= 11 is 5.90. The molecule has 6 heteroatoms. The Kier molecular flexibility index (Phi) is 4.85. The second-order valence-electron chi connectivity index (χ2n) is 4.15. The van der Waals surface area contributed by atoms with Crippen molar-refractivity contribution in [1.29, 1.82) is 0 Å². The Morgan fingerprint density at radius 3 is 2.33 bits per heavy atom. The summed E-state index contributed by atoms with van der Waals surface area (Å²) < 4.78 is 37.1. The summed E-state index contributed by atoms with van der Waals surface area (Å²) in [6.45, 7) is 0.0512. The predicted octanol–water partition coefficient (Wildman–Crippen LogP) is 4.79. The van der Waals surface area contributed by atoms with E-state index in [1.165, 1.54) is 12.1 Å². The van der Waals surface area contributed by atoms with Crippen LogP contribution in [0.5, 0.6) is 0 Å². The monoisotopic (exact) mass is 312 g/mol. The van der Waals surface area contributed by atoms with Crippen molar-refractivity contribution in [3.63, 3.8) is 0 Å². The molecule has 0 aliphatic carbocycles. The number of nitrogens with zero attached hydrogens (tertiary/aromatic N) is 1. The highest BCUT2D eigenvalue weighted by molar-refractivity contribution is 6.33. The molecule has 0 saturated heterocycles. The first-order chi connectivity index (χ1) is 9.97. The fourth-order valence-corrected chi connectivity index (χ4v) is 1.71. The van der Waals surface area contributed by atoms with Crippen LogP contribution in [0, 0.1) is 0 Å². The van der Waals surface area contributed by atoms with Crippen LogP contribution in [0.4, 0.5) is 13.2 Å². The summed E-state index contributed by atoms with van der Waals surface area (Å²) in [7, 11) is 0. The zero-order valence-electron chi connectivity index (χ0n) is 10.7. The van der Waals surface area contributed by atoms with Crippen molar-refractivity contribution in [3.8, 4) is 0 Å². The number of benzene rings is 2. The number of rotatable bonds is 4. The molecule has 2 nitrogen and oxygen atoms in total. The maximum absolute atomic E-state index is 12.4. The summed E-state index contributed by atoms with van der Waals surface area (Å²) in [5, 5.41) is 4.10. The van der Waals surface area contributed by atoms with Crippen LogP contribution in [0.15, 0.2) is 53.7 Å². The smallest absolute Gasteiger partial charge is 0.390 e. The van der Waals surface area contributed by atoms with Gasteiger partial charge in [0.2, 0.25) is 0 Å². The van der Waals surface area contributed by atoms with Gasteiger partial charge in [0, 0.05) is 5.56 Å². The lowest BCUT2D eigenvalue weighted by molar-refractivity contribution is -0.137. The molecule has 0 heterocycles. The lowest BCUT2D eigenvalue weighted by Gasteiger charge is -2.06. The van der Waals surface area contributed by atoms with E-state index < -0.39 is 11.7 Å². The van der Waals surface area contributed by atoms with Crippen LogP contribution in [-0.4, -0.2) is 6.21 Å². The highest BCUT2D eigenvalue weighted by Gasteiger charge is 2.29. The van der Waals surface area contributed by atoms with Crippen LogP contribution in [0.2, 0.25) is 5.02 Å². The first-order valence-corrected chi connectivity index (χ1v) is 6.33. The molecule has 1 radical (unpaired) electrons. The van der Waals surface area contributed by atoms with Gasteiger partial charge in [-0.3, -0.25) is 0 Å². The van der Waals surface area contributed by atoms with Crippen LogP contribution in [0.25, 0.3) is 0 Å². The summed E-state index contributed by atoms with van der Waals surface area (Å²) in [5.74, 6) is 0. The van der Waals surface area contributed by atoms with Crippen LogP contribution in [-0.2, 0) is 17.6 Å². The van der Waals surface area contributed by atoms with Crippen LogP contribution in [0.3, 0.4) is 0 Å². The molecule has 0 aliphatic heterocycles. The molecule has 0 saturated carbocycles. The minimum Gasteiger partial charge on any atom is -0.390 e. The second-order valence-corrected chi connectivity index (χ2v) is 4.56. The maximum atomic E-state index is 12.4. The van der Waals surface area contributed by atoms with E-state index in [1.807, 2.05) is 0 Å². The predicted molar refractivity (Wildman–Crippen MR) is 74.2 cm³/mol. The molecule has 21 heavy (non-hydrogen) atoms. The van der Waals surface area contributed by atoms with Crippen molar-refractivity contribution in [2.24, 2.45) is 5.16 Å². The Hall–Kier alpha value is -2.01. The Bertz CT molecular complexity index is 624. The minimum absolute atomic E-state index is 0.0512. The molecule has 0 unspecified atom stereocenters. The van der Waals surface area contributed by atoms with E-state index in [9.17, 15) is 13.2 Å². The van der Waals surface area contributed by atoms with Crippen molar-refractivity contribution in [1.82, 2.24) is 0 Å². The Labute approximate surface area is 124 Å². The van der Waals surface area contributed by atoms with Crippen LogP contribution in [0.1, 0.15) is 16.7 Å². The molecule has 2 aromatic rings. The van der Waals surface area contributed by atoms with E-state index >= 15 is 0 Å². The first-order valence-electron chi connectivity index (χ1n) is 5.95. The molecule has 0 N–H and O–H groups in total. The van der Waals surface area contributed by atoms with E-state index in [0.29, 0.717) is 16.1 Å². The summed E-state index contributed by atoms with van der Waals surface area (Å²) in [6.07, 6.45) is -1.73. The molecule has 109 valence electrons. The summed E-state index contributed by atoms with van der Waals surface area (Å²) in [5.41, 5.74) is 0.455. The Morgan fingerprint density at radius 1 is 1.05 bits per heavy atom. The van der Waals surface area contributed by atoms with Gasteiger partial charge in [0.25, 0.3) is 0 Å². The van der Waals surface area contributed by atoms with Gasteiger partial charge in [0.15, 0.2) is 0 Å². The average molecular weight is 313 g/mol. The molecule has 2 aromatic carbocycles. The SMILES string of the molecule is FC(F)(F)c1ccc(CO/N=[C]\c2ccccc2Cl)cc1. The van der Waals surface area contributed by atoms with E-state index in [0.717, 1.165) is 12.1 Å². The maximum Gasteiger partial charge on any atom is 0.416 e. The lowest BCUT2D eigenvalue weighted by atomic mass is 10.1. The topological polar surface area (TPSA) is 21.6 Å². The van der Waals surface area contributed by atoms with Gasteiger partial charge in [-0.05, 0) is 23.8 Å². The van der Waals surface area contributed by atoms with Gasteiger partial charge >= 0.3 is 6.18 Å². The molecule has 0 amide bonds. The molecule has 0 atom stereocenters. The molecule has 0 fully saturated rings. The zero-order chi connectivity index (χ0) is 15.3. The highest BCUT2D eigenvalue weighted by atomic mass is 35.5. The molecule has 0 aromatic heterocycles. The number of alkyl halides is 3. The number of hydrogen-bond donors (Lipinski definition) is 0. The molecular weight excluding hydrogens is 303 g/mol. The van der Waals surface area contributed by atoms with Gasteiger partial charge in [0.05, 0.1) is 10.6 Å². The minimum atomic E-state index is -4.34. The van der Waals surface area contributed by atoms with Crippen LogP contribution < -0.4 is 0 Å². The van der Waals surface area contributed by atoms with E-state index in [-0.39, 0.29) is 6.61 Å². The normalized spacial score (nSPS) is 11.8. The number of hydrogen-bond acceptors (Lipinski definition) is 2. The van der Waals surface area contributed by atoms with E-state index in [1.54, 1.807) is 24.3 Å². The Morgan fingerprint density at radius 2 is 1.71 bits per heavy atom. The van der Waals surface area contributed by atoms with Gasteiger partial charge < -0.3 is 4.84 Å². The standard InChI is InChI=1S/C15H10ClF3NO/c16-14-4-2-1-3-12(14)9-20-21-10-11-5-7-13(8-6-11)15(17,18)19/h1-8H,10H2.